The Bertz CT molecular complexity index is 62.2. The molecule has 0 aliphatic carbocycles. The average Bonchev–Trinajstić information content (AvgIpc) is 0.722. The Labute approximate surface area is 117 Å². The quantitative estimate of drug-likeness (QED) is 0.355. The number of hydrogen-bond acceptors (Lipinski definition) is 3. The second-order valence-corrected chi connectivity index (χ2v) is 1.41. The monoisotopic (exact) mass is 323 g/mol. The molecule has 37 valence electrons. The van der Waals surface area contributed by atoms with E-state index in [1.54, 1.807) is 0 Å². The normalized spacial score (nSPS) is 7.38. The summed E-state index contributed by atoms with van der Waals surface area (Å²) in [6.07, 6.45) is 0. The van der Waals surface area contributed by atoms with Crippen molar-refractivity contribution in [1.82, 2.24) is 0 Å². The molecule has 0 fully saturated rings. The Morgan fingerprint density at radius 3 is 1.38 bits per heavy atom. The van der Waals surface area contributed by atoms with Crippen LogP contribution in [-0.2, 0) is 26.9 Å². The average molecular weight is 323 g/mol. The first-order valence-electron chi connectivity index (χ1n) is 0.748. The van der Waals surface area contributed by atoms with E-state index in [0.29, 0.717) is 0 Å². The molecule has 0 aliphatic heterocycles. The molecular weight excluding hydrogens is 322 g/mol. The maximum absolute atomic E-state index is 8.66. The van der Waals surface area contributed by atoms with Crippen LogP contribution < -0.4 is 80.0 Å². The summed E-state index contributed by atoms with van der Waals surface area (Å²) in [4.78, 5) is 24.3. The van der Waals surface area contributed by atoms with Crippen LogP contribution in [0.4, 0.5) is 0 Å². The Morgan fingerprint density at radius 1 is 1.38 bits per heavy atom. The summed E-state index contributed by atoms with van der Waals surface area (Å²) >= 11 is 0. The first-order valence-corrected chi connectivity index (χ1v) is 2.24. The summed E-state index contributed by atoms with van der Waals surface area (Å²) in [5.74, 6) is 0. The van der Waals surface area contributed by atoms with Crippen molar-refractivity contribution < 1.29 is 112 Å². The zero-order valence-corrected chi connectivity index (χ0v) is 11.8. The Balaban J connectivity index is -0.0000000267. The van der Waals surface area contributed by atoms with Crippen molar-refractivity contribution in [1.29, 1.82) is 0 Å². The maximum Gasteiger partial charge on any atom is 1.00 e. The third-order valence-electron chi connectivity index (χ3n) is 0. The Morgan fingerprint density at radius 2 is 1.38 bits per heavy atom. The molecule has 0 saturated carbocycles. The fraction of sp³-hybridized carbons (Fsp3) is 0. The van der Waals surface area contributed by atoms with Gasteiger partial charge in [-0.25, -0.2) is 0 Å². The molecule has 1 radical (unpaired) electrons. The molecule has 1 N–H and O–H groups in total. The van der Waals surface area contributed by atoms with Gasteiger partial charge in [-0.2, -0.15) is 0 Å². The van der Waals surface area contributed by atoms with Gasteiger partial charge in [0, 0.05) is 22.4 Å². The molecule has 4 nitrogen and oxygen atoms in total. The van der Waals surface area contributed by atoms with Crippen LogP contribution in [0.15, 0.2) is 0 Å². The van der Waals surface area contributed by atoms with E-state index >= 15 is 0 Å². The number of phosphoric acid groups is 1. The van der Waals surface area contributed by atoms with E-state index in [9.17, 15) is 0 Å². The van der Waals surface area contributed by atoms with E-state index in [2.05, 4.69) is 0 Å². The zero-order valence-electron chi connectivity index (χ0n) is 4.57. The SMILES string of the molecule is O=P([O-])([O-])O.[K+].[Li+].[Ta]. The van der Waals surface area contributed by atoms with E-state index in [-0.39, 0.29) is 92.6 Å². The van der Waals surface area contributed by atoms with Gasteiger partial charge in [-0.15, -0.1) is 0 Å². The molecule has 0 aromatic carbocycles. The fourth-order valence-electron chi connectivity index (χ4n) is 0. The van der Waals surface area contributed by atoms with Gasteiger partial charge in [-0.3, -0.25) is 0 Å². The molecule has 8 heteroatoms. The molecule has 0 unspecified atom stereocenters. The number of rotatable bonds is 0. The van der Waals surface area contributed by atoms with Crippen LogP contribution in [0.25, 0.3) is 0 Å². The van der Waals surface area contributed by atoms with Gasteiger partial charge < -0.3 is 19.2 Å². The summed E-state index contributed by atoms with van der Waals surface area (Å²) in [5, 5.41) is 0. The summed E-state index contributed by atoms with van der Waals surface area (Å²) in [6, 6.07) is 0. The van der Waals surface area contributed by atoms with Gasteiger partial charge in [0.15, 0.2) is 0 Å². The fourth-order valence-corrected chi connectivity index (χ4v) is 0. The van der Waals surface area contributed by atoms with Gasteiger partial charge in [0.25, 0.3) is 0 Å². The van der Waals surface area contributed by atoms with Crippen LogP contribution in [0.1, 0.15) is 0 Å². The van der Waals surface area contributed by atoms with Gasteiger partial charge in [0.1, 0.15) is 0 Å². The van der Waals surface area contributed by atoms with Crippen molar-refractivity contribution in [2.75, 3.05) is 0 Å². The maximum atomic E-state index is 8.66. The first kappa shape index (κ1) is 22.5. The van der Waals surface area contributed by atoms with Gasteiger partial charge in [0.2, 0.25) is 0 Å². The minimum Gasteiger partial charge on any atom is -0.790 e. The summed E-state index contributed by atoms with van der Waals surface area (Å²) in [7, 11) is -5.14. The first-order chi connectivity index (χ1) is 2.00. The molecule has 8 heavy (non-hydrogen) atoms. The van der Waals surface area contributed by atoms with Crippen LogP contribution >= 0.6 is 7.82 Å². The van der Waals surface area contributed by atoms with Crippen molar-refractivity contribution in [2.24, 2.45) is 0 Å². The smallest absolute Gasteiger partial charge is 0.790 e. The van der Waals surface area contributed by atoms with Crippen molar-refractivity contribution in [3.63, 3.8) is 0 Å². The minimum atomic E-state index is -5.14. The van der Waals surface area contributed by atoms with E-state index in [1.807, 2.05) is 0 Å². The van der Waals surface area contributed by atoms with Crippen LogP contribution in [-0.4, -0.2) is 4.89 Å². The molecule has 0 rings (SSSR count). The van der Waals surface area contributed by atoms with Crippen molar-refractivity contribution >= 4 is 7.82 Å². The Hall–Kier alpha value is 3.08. The van der Waals surface area contributed by atoms with Crippen LogP contribution in [0.2, 0.25) is 0 Å². The van der Waals surface area contributed by atoms with Crippen LogP contribution in [0.3, 0.4) is 0 Å². The van der Waals surface area contributed by atoms with E-state index in [4.69, 9.17) is 19.2 Å². The molecule has 0 aromatic rings. The predicted molar refractivity (Wildman–Crippen MR) is 9.83 cm³/mol. The standard InChI is InChI=1S/K.Li.H3O4P.Ta/c;;1-5(2,3)4;/h;;(H3,1,2,3,4);/q2*+1;;/p-2. The topological polar surface area (TPSA) is 83.4 Å². The molecule has 0 spiro atoms. The molecule has 0 atom stereocenters. The van der Waals surface area contributed by atoms with Crippen molar-refractivity contribution in [2.45, 2.75) is 0 Å². The summed E-state index contributed by atoms with van der Waals surface area (Å²) in [5.41, 5.74) is 0. The van der Waals surface area contributed by atoms with Gasteiger partial charge in [-0.1, -0.05) is 0 Å². The predicted octanol–water partition coefficient (Wildman–Crippen LogP) is -8.19. The summed E-state index contributed by atoms with van der Waals surface area (Å²) in [6.45, 7) is 0. The molecule has 0 aliphatic rings. The molecule has 0 saturated heterocycles. The third-order valence-corrected chi connectivity index (χ3v) is 0. The minimum absolute atomic E-state index is 0. The summed E-state index contributed by atoms with van der Waals surface area (Å²) < 4.78 is 8.66. The molecule has 0 amide bonds. The molecule has 0 bridgehead atoms. The van der Waals surface area contributed by atoms with Crippen molar-refractivity contribution in [3.8, 4) is 0 Å². The van der Waals surface area contributed by atoms with Crippen LogP contribution in [0.5, 0.6) is 0 Å². The van der Waals surface area contributed by atoms with Crippen LogP contribution in [0, 0.1) is 0 Å². The Kier molecular flexibility index (Phi) is 28.3. The third kappa shape index (κ3) is 62.4. The number of hydrogen-bond donors (Lipinski definition) is 1. The molecule has 0 aromatic heterocycles. The second-order valence-electron chi connectivity index (χ2n) is 0.469. The molecular formula is HKLiO4PTa. The molecule has 0 heterocycles. The van der Waals surface area contributed by atoms with Gasteiger partial charge in [0.05, 0.1) is 7.82 Å². The van der Waals surface area contributed by atoms with E-state index in [1.165, 1.54) is 0 Å². The largest absolute Gasteiger partial charge is 1.00 e. The zero-order chi connectivity index (χ0) is 4.50. The van der Waals surface area contributed by atoms with Crippen molar-refractivity contribution in [3.05, 3.63) is 0 Å². The van der Waals surface area contributed by atoms with Gasteiger partial charge in [-0.05, 0) is 0 Å². The van der Waals surface area contributed by atoms with E-state index < -0.39 is 7.82 Å². The van der Waals surface area contributed by atoms with Gasteiger partial charge >= 0.3 is 70.2 Å². The van der Waals surface area contributed by atoms with E-state index in [0.717, 1.165) is 0 Å². The second kappa shape index (κ2) is 10.1.